The van der Waals surface area contributed by atoms with Gasteiger partial charge in [0.1, 0.15) is 5.60 Å². The Labute approximate surface area is 146 Å². The van der Waals surface area contributed by atoms with Crippen LogP contribution in [0.2, 0.25) is 0 Å². The molecule has 0 bridgehead atoms. The second-order valence-electron chi connectivity index (χ2n) is 8.28. The van der Waals surface area contributed by atoms with Crippen LogP contribution in [0.15, 0.2) is 0 Å². The molecular formula is C18H34N2O4. The number of aliphatic hydroxyl groups is 1. The van der Waals surface area contributed by atoms with Crippen LogP contribution in [0, 0.1) is 0 Å². The van der Waals surface area contributed by atoms with Crippen molar-refractivity contribution in [1.29, 1.82) is 0 Å². The third-order valence-electron chi connectivity index (χ3n) is 4.88. The lowest BCUT2D eigenvalue weighted by atomic mass is 9.93. The van der Waals surface area contributed by atoms with Gasteiger partial charge in [0.05, 0.1) is 11.7 Å². The Morgan fingerprint density at radius 1 is 1.21 bits per heavy atom. The van der Waals surface area contributed by atoms with Crippen LogP contribution in [0.3, 0.4) is 0 Å². The maximum atomic E-state index is 12.2. The van der Waals surface area contributed by atoms with Gasteiger partial charge in [-0.15, -0.1) is 0 Å². The molecule has 1 amide bonds. The molecule has 1 N–H and O–H groups in total. The summed E-state index contributed by atoms with van der Waals surface area (Å²) in [5.74, 6) is 0. The minimum atomic E-state index is -0.730. The molecule has 0 aromatic heterocycles. The molecule has 2 aliphatic heterocycles. The zero-order valence-corrected chi connectivity index (χ0v) is 15.7. The Bertz CT molecular complexity index is 424. The first-order chi connectivity index (χ1) is 11.2. The van der Waals surface area contributed by atoms with Gasteiger partial charge in [-0.1, -0.05) is 0 Å². The highest BCUT2D eigenvalue weighted by molar-refractivity contribution is 5.68. The van der Waals surface area contributed by atoms with Crippen molar-refractivity contribution in [2.75, 3.05) is 39.8 Å². The molecule has 0 aromatic rings. The first kappa shape index (κ1) is 19.5. The number of hydrogen-bond acceptors (Lipinski definition) is 5. The lowest BCUT2D eigenvalue weighted by Crippen LogP contribution is -2.49. The normalized spacial score (nSPS) is 30.0. The Morgan fingerprint density at radius 2 is 1.96 bits per heavy atom. The molecule has 0 saturated carbocycles. The molecule has 2 rings (SSSR count). The van der Waals surface area contributed by atoms with E-state index in [1.807, 2.05) is 20.8 Å². The van der Waals surface area contributed by atoms with E-state index < -0.39 is 11.2 Å². The SMILES string of the molecule is CO[C@@H]1CCCN(C[C@@]2(O)CCCN(C(=O)OC(C)(C)C)CC2)C1. The summed E-state index contributed by atoms with van der Waals surface area (Å²) < 4.78 is 10.9. The summed E-state index contributed by atoms with van der Waals surface area (Å²) >= 11 is 0. The standard InChI is InChI=1S/C18H34N2O4/c1-17(2,3)24-16(21)20-11-6-8-18(22,9-12-20)14-19-10-5-7-15(13-19)23-4/h15,22H,5-14H2,1-4H3/t15-,18-/m1/s1. The molecular weight excluding hydrogens is 308 g/mol. The maximum absolute atomic E-state index is 12.2. The fraction of sp³-hybridized carbons (Fsp3) is 0.944. The molecule has 0 unspecified atom stereocenters. The van der Waals surface area contributed by atoms with Gasteiger partial charge in [-0.3, -0.25) is 4.90 Å². The maximum Gasteiger partial charge on any atom is 0.410 e. The first-order valence-corrected chi connectivity index (χ1v) is 9.16. The second-order valence-corrected chi connectivity index (χ2v) is 8.28. The molecule has 0 spiro atoms. The smallest absolute Gasteiger partial charge is 0.410 e. The summed E-state index contributed by atoms with van der Waals surface area (Å²) in [5, 5.41) is 11.0. The van der Waals surface area contributed by atoms with Crippen molar-refractivity contribution in [3.63, 3.8) is 0 Å². The molecule has 24 heavy (non-hydrogen) atoms. The van der Waals surface area contributed by atoms with Gasteiger partial charge in [-0.05, 0) is 59.4 Å². The number of carbonyl (C=O) groups is 1. The summed E-state index contributed by atoms with van der Waals surface area (Å²) in [6.45, 7) is 9.39. The molecule has 6 nitrogen and oxygen atoms in total. The van der Waals surface area contributed by atoms with E-state index >= 15 is 0 Å². The van der Waals surface area contributed by atoms with E-state index in [9.17, 15) is 9.90 Å². The Hall–Kier alpha value is -0.850. The minimum Gasteiger partial charge on any atom is -0.444 e. The van der Waals surface area contributed by atoms with Crippen LogP contribution in [0.1, 0.15) is 52.9 Å². The molecule has 2 heterocycles. The summed E-state index contributed by atoms with van der Waals surface area (Å²) in [5.41, 5.74) is -1.21. The van der Waals surface area contributed by atoms with Crippen LogP contribution in [0.25, 0.3) is 0 Å². The Kier molecular flexibility index (Phi) is 6.51. The predicted molar refractivity (Wildman–Crippen MR) is 93.1 cm³/mol. The highest BCUT2D eigenvalue weighted by Crippen LogP contribution is 2.26. The average Bonchev–Trinajstić information content (AvgIpc) is 2.67. The quantitative estimate of drug-likeness (QED) is 0.852. The third kappa shape index (κ3) is 5.90. The van der Waals surface area contributed by atoms with E-state index in [0.29, 0.717) is 26.1 Å². The number of ether oxygens (including phenoxy) is 2. The van der Waals surface area contributed by atoms with E-state index in [1.54, 1.807) is 12.0 Å². The predicted octanol–water partition coefficient (Wildman–Crippen LogP) is 2.25. The minimum absolute atomic E-state index is 0.270. The van der Waals surface area contributed by atoms with Gasteiger partial charge in [0.15, 0.2) is 0 Å². The summed E-state index contributed by atoms with van der Waals surface area (Å²) in [7, 11) is 1.76. The third-order valence-corrected chi connectivity index (χ3v) is 4.88. The van der Waals surface area contributed by atoms with Gasteiger partial charge in [0.25, 0.3) is 0 Å². The van der Waals surface area contributed by atoms with E-state index in [1.165, 1.54) is 0 Å². The van der Waals surface area contributed by atoms with Crippen molar-refractivity contribution in [2.24, 2.45) is 0 Å². The first-order valence-electron chi connectivity index (χ1n) is 9.16. The molecule has 2 saturated heterocycles. The second kappa shape index (κ2) is 8.02. The van der Waals surface area contributed by atoms with Crippen LogP contribution in [-0.4, -0.2) is 78.1 Å². The zero-order valence-electron chi connectivity index (χ0n) is 15.7. The number of piperidine rings is 1. The van der Waals surface area contributed by atoms with Gasteiger partial charge in [-0.25, -0.2) is 4.79 Å². The molecule has 0 aliphatic carbocycles. The number of β-amino-alcohol motifs (C(OH)–C–C–N with tert-alkyl or cyclic N) is 1. The fourth-order valence-corrected chi connectivity index (χ4v) is 3.61. The van der Waals surface area contributed by atoms with Gasteiger partial charge in [0, 0.05) is 33.3 Å². The van der Waals surface area contributed by atoms with Crippen LogP contribution in [0.5, 0.6) is 0 Å². The van der Waals surface area contributed by atoms with E-state index in [2.05, 4.69) is 4.90 Å². The number of carbonyl (C=O) groups excluding carboxylic acids is 1. The topological polar surface area (TPSA) is 62.2 Å². The number of amides is 1. The van der Waals surface area contributed by atoms with Gasteiger partial charge in [-0.2, -0.15) is 0 Å². The van der Waals surface area contributed by atoms with Crippen molar-refractivity contribution in [3.05, 3.63) is 0 Å². The zero-order chi connectivity index (χ0) is 17.8. The summed E-state index contributed by atoms with van der Waals surface area (Å²) in [6, 6.07) is 0. The number of likely N-dealkylation sites (tertiary alicyclic amines) is 2. The van der Waals surface area contributed by atoms with E-state index in [4.69, 9.17) is 9.47 Å². The highest BCUT2D eigenvalue weighted by Gasteiger charge is 2.35. The van der Waals surface area contributed by atoms with Gasteiger partial charge >= 0.3 is 6.09 Å². The monoisotopic (exact) mass is 342 g/mol. The van der Waals surface area contributed by atoms with Crippen molar-refractivity contribution in [1.82, 2.24) is 9.80 Å². The molecule has 6 heteroatoms. The van der Waals surface area contributed by atoms with Gasteiger partial charge in [0.2, 0.25) is 0 Å². The number of nitrogens with zero attached hydrogens (tertiary/aromatic N) is 2. The van der Waals surface area contributed by atoms with E-state index in [0.717, 1.165) is 38.8 Å². The van der Waals surface area contributed by atoms with Crippen molar-refractivity contribution < 1.29 is 19.4 Å². The summed E-state index contributed by atoms with van der Waals surface area (Å²) in [4.78, 5) is 16.3. The molecule has 140 valence electrons. The van der Waals surface area contributed by atoms with Crippen molar-refractivity contribution in [2.45, 2.75) is 70.2 Å². The fourth-order valence-electron chi connectivity index (χ4n) is 3.61. The van der Waals surface area contributed by atoms with Crippen LogP contribution in [0.4, 0.5) is 4.79 Å². The molecule has 2 atom stereocenters. The average molecular weight is 342 g/mol. The molecule has 2 aliphatic rings. The van der Waals surface area contributed by atoms with Crippen LogP contribution < -0.4 is 0 Å². The van der Waals surface area contributed by atoms with E-state index in [-0.39, 0.29) is 12.2 Å². The Morgan fingerprint density at radius 3 is 2.62 bits per heavy atom. The van der Waals surface area contributed by atoms with Gasteiger partial charge < -0.3 is 19.5 Å². The van der Waals surface area contributed by atoms with Crippen LogP contribution >= 0.6 is 0 Å². The number of rotatable bonds is 3. The molecule has 0 aromatic carbocycles. The summed E-state index contributed by atoms with van der Waals surface area (Å²) in [6.07, 6.45) is 4.32. The largest absolute Gasteiger partial charge is 0.444 e. The highest BCUT2D eigenvalue weighted by atomic mass is 16.6. The Balaban J connectivity index is 1.88. The lowest BCUT2D eigenvalue weighted by molar-refractivity contribution is -0.0374. The lowest BCUT2D eigenvalue weighted by Gasteiger charge is -2.38. The molecule has 2 fully saturated rings. The number of hydrogen-bond donors (Lipinski definition) is 1. The number of methoxy groups -OCH3 is 1. The molecule has 0 radical (unpaired) electrons. The van der Waals surface area contributed by atoms with Crippen molar-refractivity contribution in [3.8, 4) is 0 Å². The van der Waals surface area contributed by atoms with Crippen LogP contribution in [-0.2, 0) is 9.47 Å². The van der Waals surface area contributed by atoms with Crippen molar-refractivity contribution >= 4 is 6.09 Å².